The summed E-state index contributed by atoms with van der Waals surface area (Å²) in [6.07, 6.45) is 1.61. The Bertz CT molecular complexity index is 647. The highest BCUT2D eigenvalue weighted by molar-refractivity contribution is 8.24. The van der Waals surface area contributed by atoms with Gasteiger partial charge < -0.3 is 5.11 Å². The molecule has 0 spiro atoms. The molecule has 6 heteroatoms. The SMILES string of the molecule is O=C(O)c1cc2cc(C3CCCS3(O)O)ccc2s1. The first-order valence-electron chi connectivity index (χ1n) is 5.99. The summed E-state index contributed by atoms with van der Waals surface area (Å²) in [4.78, 5) is 11.3. The van der Waals surface area contributed by atoms with Crippen LogP contribution in [0.15, 0.2) is 24.3 Å². The van der Waals surface area contributed by atoms with Crippen LogP contribution in [0.4, 0.5) is 0 Å². The smallest absolute Gasteiger partial charge is 0.345 e. The molecule has 1 aromatic carbocycles. The number of fused-ring (bicyclic) bond motifs is 1. The van der Waals surface area contributed by atoms with Crippen molar-refractivity contribution < 1.29 is 19.0 Å². The zero-order valence-electron chi connectivity index (χ0n) is 10.1. The largest absolute Gasteiger partial charge is 0.477 e. The van der Waals surface area contributed by atoms with Crippen LogP contribution >= 0.6 is 21.9 Å². The molecule has 1 atom stereocenters. The van der Waals surface area contributed by atoms with Gasteiger partial charge in [0.2, 0.25) is 0 Å². The van der Waals surface area contributed by atoms with Gasteiger partial charge in [-0.15, -0.1) is 11.3 Å². The molecule has 1 saturated heterocycles. The monoisotopic (exact) mass is 298 g/mol. The number of benzene rings is 1. The normalized spacial score (nSPS) is 23.6. The van der Waals surface area contributed by atoms with Crippen molar-refractivity contribution in [2.24, 2.45) is 0 Å². The molecule has 4 nitrogen and oxygen atoms in total. The average molecular weight is 298 g/mol. The quantitative estimate of drug-likeness (QED) is 0.777. The lowest BCUT2D eigenvalue weighted by atomic mass is 10.1. The number of hydrogen-bond donors (Lipinski definition) is 3. The Balaban J connectivity index is 2.04. The minimum absolute atomic E-state index is 0.204. The van der Waals surface area contributed by atoms with Gasteiger partial charge in [-0.2, -0.15) is 10.6 Å². The topological polar surface area (TPSA) is 77.8 Å². The van der Waals surface area contributed by atoms with Crippen molar-refractivity contribution in [3.8, 4) is 0 Å². The maximum Gasteiger partial charge on any atom is 0.345 e. The van der Waals surface area contributed by atoms with Gasteiger partial charge in [0, 0.05) is 10.5 Å². The molecule has 0 aliphatic carbocycles. The van der Waals surface area contributed by atoms with Gasteiger partial charge in [0.15, 0.2) is 0 Å². The van der Waals surface area contributed by atoms with Gasteiger partial charge >= 0.3 is 5.97 Å². The van der Waals surface area contributed by atoms with E-state index in [-0.39, 0.29) is 5.25 Å². The molecule has 2 aromatic rings. The number of carbonyl (C=O) groups is 1. The van der Waals surface area contributed by atoms with Crippen LogP contribution in [0.2, 0.25) is 0 Å². The second kappa shape index (κ2) is 4.49. The molecular formula is C13H14O4S2. The van der Waals surface area contributed by atoms with E-state index in [1.165, 1.54) is 11.3 Å². The van der Waals surface area contributed by atoms with Crippen LogP contribution in [-0.4, -0.2) is 25.9 Å². The summed E-state index contributed by atoms with van der Waals surface area (Å²) in [5.74, 6) is -0.451. The Morgan fingerprint density at radius 3 is 2.74 bits per heavy atom. The summed E-state index contributed by atoms with van der Waals surface area (Å²) in [7, 11) is -2.53. The molecule has 0 bridgehead atoms. The van der Waals surface area contributed by atoms with Crippen molar-refractivity contribution in [2.45, 2.75) is 18.1 Å². The molecule has 1 fully saturated rings. The summed E-state index contributed by atoms with van der Waals surface area (Å²) in [5.41, 5.74) is 0.903. The first kappa shape index (κ1) is 12.9. The molecule has 1 aliphatic heterocycles. The number of aromatic carboxylic acids is 1. The van der Waals surface area contributed by atoms with Gasteiger partial charge in [-0.3, -0.25) is 9.11 Å². The second-order valence-electron chi connectivity index (χ2n) is 4.77. The molecule has 1 aromatic heterocycles. The van der Waals surface area contributed by atoms with Crippen molar-refractivity contribution in [3.05, 3.63) is 34.7 Å². The average Bonchev–Trinajstić information content (AvgIpc) is 2.90. The number of thiophene rings is 1. The van der Waals surface area contributed by atoms with E-state index in [0.29, 0.717) is 10.6 Å². The molecule has 0 saturated carbocycles. The van der Waals surface area contributed by atoms with Crippen LogP contribution in [0, 0.1) is 0 Å². The Hall–Kier alpha value is -1.08. The maximum atomic E-state index is 10.9. The standard InChI is InChI=1S/C13H14O4S2/c14-13(15)11-7-9-6-8(3-4-10(9)18-11)12-2-1-5-19(12,16)17/h3-4,6-7,12,16-17H,1-2,5H2,(H,14,15). The summed E-state index contributed by atoms with van der Waals surface area (Å²) in [5, 5.41) is 9.64. The minimum Gasteiger partial charge on any atom is -0.477 e. The van der Waals surface area contributed by atoms with Gasteiger partial charge in [-0.05, 0) is 42.0 Å². The highest BCUT2D eigenvalue weighted by Crippen LogP contribution is 2.61. The predicted molar refractivity (Wildman–Crippen MR) is 78.5 cm³/mol. The van der Waals surface area contributed by atoms with Crippen LogP contribution in [0.3, 0.4) is 0 Å². The van der Waals surface area contributed by atoms with Crippen molar-refractivity contribution in [2.75, 3.05) is 5.75 Å². The molecule has 19 heavy (non-hydrogen) atoms. The van der Waals surface area contributed by atoms with Gasteiger partial charge in [-0.1, -0.05) is 6.07 Å². The molecule has 1 aliphatic rings. The number of rotatable bonds is 2. The molecule has 3 rings (SSSR count). The van der Waals surface area contributed by atoms with Gasteiger partial charge in [0.1, 0.15) is 4.88 Å². The molecule has 102 valence electrons. The highest BCUT2D eigenvalue weighted by atomic mass is 32.3. The molecule has 1 unspecified atom stereocenters. The summed E-state index contributed by atoms with van der Waals surface area (Å²) in [6.45, 7) is 0. The van der Waals surface area contributed by atoms with E-state index in [4.69, 9.17) is 5.11 Å². The first-order valence-corrected chi connectivity index (χ1v) is 8.58. The van der Waals surface area contributed by atoms with Crippen LogP contribution in [0.25, 0.3) is 10.1 Å². The third-order valence-electron chi connectivity index (χ3n) is 3.49. The fourth-order valence-electron chi connectivity index (χ4n) is 2.56. The minimum atomic E-state index is -2.53. The van der Waals surface area contributed by atoms with Crippen molar-refractivity contribution in [3.63, 3.8) is 0 Å². The second-order valence-corrected chi connectivity index (χ2v) is 8.26. The van der Waals surface area contributed by atoms with E-state index < -0.39 is 16.6 Å². The van der Waals surface area contributed by atoms with Crippen molar-refractivity contribution in [1.29, 1.82) is 0 Å². The van der Waals surface area contributed by atoms with E-state index >= 15 is 0 Å². The van der Waals surface area contributed by atoms with E-state index in [1.54, 1.807) is 6.07 Å². The van der Waals surface area contributed by atoms with Crippen LogP contribution in [-0.2, 0) is 0 Å². The number of carboxylic acid groups (broad SMARTS) is 1. The lowest BCUT2D eigenvalue weighted by Gasteiger charge is -2.34. The molecular weight excluding hydrogens is 284 g/mol. The number of carboxylic acids is 1. The zero-order chi connectivity index (χ0) is 13.6. The lowest BCUT2D eigenvalue weighted by molar-refractivity contribution is 0.0702. The summed E-state index contributed by atoms with van der Waals surface area (Å²) < 4.78 is 21.0. The van der Waals surface area contributed by atoms with E-state index in [2.05, 4.69) is 0 Å². The summed E-state index contributed by atoms with van der Waals surface area (Å²) in [6, 6.07) is 7.29. The molecule has 2 heterocycles. The van der Waals surface area contributed by atoms with Crippen LogP contribution in [0.5, 0.6) is 0 Å². The fraction of sp³-hybridized carbons (Fsp3) is 0.308. The molecule has 0 amide bonds. The summed E-state index contributed by atoms with van der Waals surface area (Å²) >= 11 is 1.24. The third kappa shape index (κ3) is 2.25. The first-order chi connectivity index (χ1) is 8.97. The van der Waals surface area contributed by atoms with E-state index in [1.807, 2.05) is 18.2 Å². The highest BCUT2D eigenvalue weighted by Gasteiger charge is 2.32. The van der Waals surface area contributed by atoms with E-state index in [0.717, 1.165) is 28.5 Å². The Labute approximate surface area is 116 Å². The van der Waals surface area contributed by atoms with Crippen LogP contribution < -0.4 is 0 Å². The van der Waals surface area contributed by atoms with Gasteiger partial charge in [0.25, 0.3) is 0 Å². The fourth-order valence-corrected chi connectivity index (χ4v) is 5.45. The molecule has 0 radical (unpaired) electrons. The lowest BCUT2D eigenvalue weighted by Crippen LogP contribution is -2.04. The Morgan fingerprint density at radius 1 is 1.32 bits per heavy atom. The Kier molecular flexibility index (Phi) is 3.05. The number of hydrogen-bond acceptors (Lipinski definition) is 4. The van der Waals surface area contributed by atoms with E-state index in [9.17, 15) is 13.9 Å². The zero-order valence-corrected chi connectivity index (χ0v) is 11.7. The van der Waals surface area contributed by atoms with Crippen LogP contribution in [0.1, 0.15) is 33.3 Å². The van der Waals surface area contributed by atoms with Crippen molar-refractivity contribution in [1.82, 2.24) is 0 Å². The maximum absolute atomic E-state index is 10.9. The molecule has 3 N–H and O–H groups in total. The predicted octanol–water partition coefficient (Wildman–Crippen LogP) is 4.19. The van der Waals surface area contributed by atoms with Gasteiger partial charge in [-0.25, -0.2) is 4.79 Å². The van der Waals surface area contributed by atoms with Gasteiger partial charge in [0.05, 0.1) is 5.25 Å². The third-order valence-corrected chi connectivity index (χ3v) is 6.90. The van der Waals surface area contributed by atoms with Crippen molar-refractivity contribution >= 4 is 38.0 Å². The Morgan fingerprint density at radius 2 is 2.11 bits per heavy atom.